The van der Waals surface area contributed by atoms with E-state index in [0.717, 1.165) is 7.05 Å². The summed E-state index contributed by atoms with van der Waals surface area (Å²) >= 11 is 0. The van der Waals surface area contributed by atoms with Crippen LogP contribution in [0.2, 0.25) is 0 Å². The van der Waals surface area contributed by atoms with Gasteiger partial charge in [-0.3, -0.25) is 4.79 Å². The van der Waals surface area contributed by atoms with Crippen molar-refractivity contribution in [1.29, 1.82) is 0 Å². The molecule has 0 fully saturated rings. The first-order valence-electron chi connectivity index (χ1n) is 4.47. The number of carbonyl (C=O) groups excluding carboxylic acids is 2. The minimum absolute atomic E-state index is 0.146. The van der Waals surface area contributed by atoms with Crippen molar-refractivity contribution in [2.24, 2.45) is 0 Å². The fourth-order valence-electron chi connectivity index (χ4n) is 0.835. The molecule has 0 saturated carbocycles. The van der Waals surface area contributed by atoms with Gasteiger partial charge in [0.05, 0.1) is 6.61 Å². The summed E-state index contributed by atoms with van der Waals surface area (Å²) in [5.41, 5.74) is 0. The van der Waals surface area contributed by atoms with E-state index in [1.54, 1.807) is 6.92 Å². The van der Waals surface area contributed by atoms with Gasteiger partial charge in [0.15, 0.2) is 0 Å². The number of ether oxygens (including phenoxy) is 1. The SMILES string of the molecule is CCOC(=O)CNC(=O)N(C)CC(F)(F)F. The number of nitrogens with zero attached hydrogens (tertiary/aromatic N) is 1. The number of halogens is 3. The maximum atomic E-state index is 11.9. The fraction of sp³-hybridized carbons (Fsp3) is 0.750. The van der Waals surface area contributed by atoms with Crippen molar-refractivity contribution in [1.82, 2.24) is 10.2 Å². The van der Waals surface area contributed by atoms with E-state index in [-0.39, 0.29) is 6.61 Å². The smallest absolute Gasteiger partial charge is 0.406 e. The highest BCUT2D eigenvalue weighted by molar-refractivity contribution is 5.80. The lowest BCUT2D eigenvalue weighted by atomic mass is 10.5. The highest BCUT2D eigenvalue weighted by Gasteiger charge is 2.31. The van der Waals surface area contributed by atoms with Crippen molar-refractivity contribution in [3.05, 3.63) is 0 Å². The molecule has 0 aromatic carbocycles. The van der Waals surface area contributed by atoms with Gasteiger partial charge in [-0.05, 0) is 6.92 Å². The number of carbonyl (C=O) groups is 2. The summed E-state index contributed by atoms with van der Waals surface area (Å²) in [6, 6.07) is -0.981. The van der Waals surface area contributed by atoms with Crippen LogP contribution in [-0.4, -0.2) is 49.8 Å². The molecule has 0 aromatic heterocycles. The van der Waals surface area contributed by atoms with Crippen LogP contribution in [0.1, 0.15) is 6.92 Å². The Balaban J connectivity index is 3.93. The first kappa shape index (κ1) is 14.5. The summed E-state index contributed by atoms with van der Waals surface area (Å²) in [7, 11) is 0.980. The third-order valence-electron chi connectivity index (χ3n) is 1.45. The molecule has 0 saturated heterocycles. The minimum Gasteiger partial charge on any atom is -0.465 e. The quantitative estimate of drug-likeness (QED) is 0.740. The molecule has 8 heteroatoms. The molecule has 0 aliphatic heterocycles. The topological polar surface area (TPSA) is 58.6 Å². The summed E-state index contributed by atoms with van der Waals surface area (Å²) in [5.74, 6) is -0.698. The van der Waals surface area contributed by atoms with Gasteiger partial charge in [0, 0.05) is 7.05 Å². The van der Waals surface area contributed by atoms with Gasteiger partial charge in [0.1, 0.15) is 13.1 Å². The van der Waals surface area contributed by atoms with Gasteiger partial charge in [-0.2, -0.15) is 13.2 Å². The van der Waals surface area contributed by atoms with Crippen molar-refractivity contribution < 1.29 is 27.5 Å². The normalized spacial score (nSPS) is 10.8. The molecule has 1 N–H and O–H groups in total. The molecule has 0 aromatic rings. The van der Waals surface area contributed by atoms with Crippen molar-refractivity contribution in [3.63, 3.8) is 0 Å². The maximum Gasteiger partial charge on any atom is 0.406 e. The zero-order valence-corrected chi connectivity index (χ0v) is 8.93. The molecule has 0 unspecified atom stereocenters. The van der Waals surface area contributed by atoms with Crippen LogP contribution in [0.4, 0.5) is 18.0 Å². The zero-order valence-electron chi connectivity index (χ0n) is 8.93. The molecular formula is C8H13F3N2O3. The molecule has 0 bridgehead atoms. The van der Waals surface area contributed by atoms with Gasteiger partial charge >= 0.3 is 18.2 Å². The van der Waals surface area contributed by atoms with Crippen molar-refractivity contribution in [3.8, 4) is 0 Å². The number of esters is 1. The number of hydrogen-bond donors (Lipinski definition) is 1. The van der Waals surface area contributed by atoms with Crippen LogP contribution in [0.3, 0.4) is 0 Å². The summed E-state index contributed by atoms with van der Waals surface area (Å²) in [6.07, 6.45) is -4.46. The molecular weight excluding hydrogens is 229 g/mol. The average molecular weight is 242 g/mol. The standard InChI is InChI=1S/C8H13F3N2O3/c1-3-16-6(14)4-12-7(15)13(2)5-8(9,10)11/h3-5H2,1-2H3,(H,12,15). The molecule has 0 radical (unpaired) electrons. The maximum absolute atomic E-state index is 11.9. The van der Waals surface area contributed by atoms with Crippen LogP contribution < -0.4 is 5.32 Å². The van der Waals surface area contributed by atoms with E-state index in [4.69, 9.17) is 0 Å². The number of rotatable bonds is 4. The molecule has 0 heterocycles. The van der Waals surface area contributed by atoms with Gasteiger partial charge in [0.2, 0.25) is 0 Å². The summed E-state index contributed by atoms with van der Waals surface area (Å²) in [6.45, 7) is -0.0981. The van der Waals surface area contributed by atoms with Crippen LogP contribution in [-0.2, 0) is 9.53 Å². The first-order valence-corrected chi connectivity index (χ1v) is 4.47. The second-order valence-corrected chi connectivity index (χ2v) is 2.93. The molecule has 0 aliphatic carbocycles. The highest BCUT2D eigenvalue weighted by Crippen LogP contribution is 2.15. The van der Waals surface area contributed by atoms with E-state index in [0.29, 0.717) is 4.90 Å². The molecule has 0 atom stereocenters. The molecule has 0 rings (SSSR count). The predicted octanol–water partition coefficient (Wildman–Crippen LogP) is 0.753. The Morgan fingerprint density at radius 3 is 2.38 bits per heavy atom. The van der Waals surface area contributed by atoms with Crippen molar-refractivity contribution in [2.75, 3.05) is 26.7 Å². The molecule has 0 aliphatic rings. The summed E-state index contributed by atoms with van der Waals surface area (Å²) < 4.78 is 40.1. The van der Waals surface area contributed by atoms with E-state index in [1.807, 2.05) is 5.32 Å². The van der Waals surface area contributed by atoms with Crippen LogP contribution >= 0.6 is 0 Å². The van der Waals surface area contributed by atoms with Gasteiger partial charge in [-0.25, -0.2) is 4.79 Å². The number of hydrogen-bond acceptors (Lipinski definition) is 3. The fourth-order valence-corrected chi connectivity index (χ4v) is 0.835. The lowest BCUT2D eigenvalue weighted by Gasteiger charge is -2.19. The van der Waals surface area contributed by atoms with E-state index in [2.05, 4.69) is 4.74 Å². The van der Waals surface area contributed by atoms with Gasteiger partial charge in [-0.1, -0.05) is 0 Å². The molecule has 2 amide bonds. The van der Waals surface area contributed by atoms with Gasteiger partial charge in [-0.15, -0.1) is 0 Å². The second-order valence-electron chi connectivity index (χ2n) is 2.93. The van der Waals surface area contributed by atoms with Crippen molar-refractivity contribution >= 4 is 12.0 Å². The van der Waals surface area contributed by atoms with E-state index >= 15 is 0 Å². The third-order valence-corrected chi connectivity index (χ3v) is 1.45. The third kappa shape index (κ3) is 6.91. The Hall–Kier alpha value is -1.47. The molecule has 0 spiro atoms. The first-order chi connectivity index (χ1) is 7.26. The molecule has 5 nitrogen and oxygen atoms in total. The number of amides is 2. The summed E-state index contributed by atoms with van der Waals surface area (Å²) in [5, 5.41) is 2.00. The van der Waals surface area contributed by atoms with Gasteiger partial charge < -0.3 is 15.0 Å². The van der Waals surface area contributed by atoms with Crippen LogP contribution in [0.25, 0.3) is 0 Å². The highest BCUT2D eigenvalue weighted by atomic mass is 19.4. The Kier molecular flexibility index (Phi) is 5.62. The number of nitrogens with one attached hydrogen (secondary N) is 1. The Labute approximate surface area is 90.5 Å². The van der Waals surface area contributed by atoms with E-state index < -0.39 is 31.3 Å². The average Bonchev–Trinajstić information content (AvgIpc) is 2.11. The van der Waals surface area contributed by atoms with Gasteiger partial charge in [0.25, 0.3) is 0 Å². The lowest BCUT2D eigenvalue weighted by Crippen LogP contribution is -2.44. The van der Waals surface area contributed by atoms with E-state index in [1.165, 1.54) is 0 Å². The number of alkyl halides is 3. The largest absolute Gasteiger partial charge is 0.465 e. The molecule has 16 heavy (non-hydrogen) atoms. The van der Waals surface area contributed by atoms with Crippen molar-refractivity contribution in [2.45, 2.75) is 13.1 Å². The number of urea groups is 1. The van der Waals surface area contributed by atoms with E-state index in [9.17, 15) is 22.8 Å². The lowest BCUT2D eigenvalue weighted by molar-refractivity contribution is -0.141. The predicted molar refractivity (Wildman–Crippen MR) is 48.7 cm³/mol. The minimum atomic E-state index is -4.46. The van der Waals surface area contributed by atoms with Crippen LogP contribution in [0.15, 0.2) is 0 Å². The van der Waals surface area contributed by atoms with Crippen LogP contribution in [0.5, 0.6) is 0 Å². The monoisotopic (exact) mass is 242 g/mol. The zero-order chi connectivity index (χ0) is 12.8. The summed E-state index contributed by atoms with van der Waals surface area (Å²) in [4.78, 5) is 22.2. The Bertz CT molecular complexity index is 255. The van der Waals surface area contributed by atoms with Crippen LogP contribution in [0, 0.1) is 0 Å². The molecule has 94 valence electrons. The Morgan fingerprint density at radius 2 is 1.94 bits per heavy atom. The Morgan fingerprint density at radius 1 is 1.38 bits per heavy atom. The second kappa shape index (κ2) is 6.19.